The van der Waals surface area contributed by atoms with Crippen LogP contribution in [-0.2, 0) is 6.42 Å². The molecule has 2 aromatic heterocycles. The number of amides is 1. The third kappa shape index (κ3) is 4.64. The van der Waals surface area contributed by atoms with Crippen LogP contribution in [0.25, 0.3) is 10.9 Å². The fraction of sp³-hybridized carbons (Fsp3) is 0.381. The number of benzene rings is 1. The van der Waals surface area contributed by atoms with Gasteiger partial charge in [-0.1, -0.05) is 32.0 Å². The van der Waals surface area contributed by atoms with E-state index in [0.29, 0.717) is 18.1 Å². The zero-order valence-corrected chi connectivity index (χ0v) is 16.0. The Balaban J connectivity index is 1.56. The van der Waals surface area contributed by atoms with Gasteiger partial charge in [-0.05, 0) is 30.9 Å². The van der Waals surface area contributed by atoms with Crippen LogP contribution in [0.4, 0.5) is 5.95 Å². The number of H-pyrrole nitrogens is 1. The first kappa shape index (κ1) is 18.9. The molecule has 142 valence electrons. The lowest BCUT2D eigenvalue weighted by atomic mass is 10.1. The van der Waals surface area contributed by atoms with Gasteiger partial charge in [-0.2, -0.15) is 0 Å². The van der Waals surface area contributed by atoms with E-state index in [1.54, 1.807) is 12.4 Å². The van der Waals surface area contributed by atoms with E-state index in [2.05, 4.69) is 51.1 Å². The van der Waals surface area contributed by atoms with Gasteiger partial charge in [0.2, 0.25) is 5.95 Å². The summed E-state index contributed by atoms with van der Waals surface area (Å²) in [5, 5.41) is 4.15. The van der Waals surface area contributed by atoms with Gasteiger partial charge in [0.25, 0.3) is 5.91 Å². The van der Waals surface area contributed by atoms with Crippen molar-refractivity contribution in [2.24, 2.45) is 0 Å². The predicted molar refractivity (Wildman–Crippen MR) is 109 cm³/mol. The molecule has 6 nitrogen and oxygen atoms in total. The summed E-state index contributed by atoms with van der Waals surface area (Å²) in [6, 6.07) is 8.18. The number of para-hydroxylation sites is 1. The summed E-state index contributed by atoms with van der Waals surface area (Å²) >= 11 is 0. The molecule has 0 bridgehead atoms. The average Bonchev–Trinajstić information content (AvgIpc) is 3.11. The normalized spacial score (nSPS) is 10.9. The number of aromatic nitrogens is 3. The molecule has 0 spiro atoms. The second-order valence-electron chi connectivity index (χ2n) is 6.62. The van der Waals surface area contributed by atoms with Crippen molar-refractivity contribution in [1.29, 1.82) is 0 Å². The molecule has 2 N–H and O–H groups in total. The lowest BCUT2D eigenvalue weighted by molar-refractivity contribution is 0.0953. The first-order valence-corrected chi connectivity index (χ1v) is 9.63. The molecule has 0 aliphatic carbocycles. The van der Waals surface area contributed by atoms with Gasteiger partial charge in [0, 0.05) is 49.1 Å². The second-order valence-corrected chi connectivity index (χ2v) is 6.62. The standard InChI is InChI=1S/C21H27N5O/c1-3-11-26(12-4-2)21-24-14-17(15-25-21)20(27)22-10-9-16-13-23-19-8-6-5-7-18(16)19/h5-8,13-15,23H,3-4,9-12H2,1-2H3,(H,22,27). The Morgan fingerprint density at radius 2 is 1.81 bits per heavy atom. The second kappa shape index (κ2) is 9.16. The number of carbonyl (C=O) groups excluding carboxylic acids is 1. The Hall–Kier alpha value is -2.89. The lowest BCUT2D eigenvalue weighted by Crippen LogP contribution is -2.28. The van der Waals surface area contributed by atoms with Crippen LogP contribution in [0.5, 0.6) is 0 Å². The van der Waals surface area contributed by atoms with Crippen LogP contribution < -0.4 is 10.2 Å². The molecule has 2 heterocycles. The van der Waals surface area contributed by atoms with E-state index in [9.17, 15) is 4.79 Å². The van der Waals surface area contributed by atoms with E-state index in [1.165, 1.54) is 10.9 Å². The molecule has 3 aromatic rings. The van der Waals surface area contributed by atoms with Crippen molar-refractivity contribution >= 4 is 22.8 Å². The number of rotatable bonds is 9. The molecule has 6 heteroatoms. The molecule has 0 radical (unpaired) electrons. The van der Waals surface area contributed by atoms with Crippen molar-refractivity contribution < 1.29 is 4.79 Å². The van der Waals surface area contributed by atoms with E-state index >= 15 is 0 Å². The van der Waals surface area contributed by atoms with E-state index in [0.717, 1.165) is 37.9 Å². The van der Waals surface area contributed by atoms with Gasteiger partial charge in [-0.15, -0.1) is 0 Å². The highest BCUT2D eigenvalue weighted by atomic mass is 16.1. The minimum Gasteiger partial charge on any atom is -0.361 e. The molecular formula is C21H27N5O. The van der Waals surface area contributed by atoms with Crippen LogP contribution in [0, 0.1) is 0 Å². The fourth-order valence-corrected chi connectivity index (χ4v) is 3.20. The van der Waals surface area contributed by atoms with Gasteiger partial charge in [-0.3, -0.25) is 4.79 Å². The van der Waals surface area contributed by atoms with Crippen molar-refractivity contribution in [2.75, 3.05) is 24.5 Å². The maximum Gasteiger partial charge on any atom is 0.254 e. The van der Waals surface area contributed by atoms with E-state index in [1.807, 2.05) is 18.3 Å². The number of aromatic amines is 1. The van der Waals surface area contributed by atoms with Gasteiger partial charge >= 0.3 is 0 Å². The first-order chi connectivity index (χ1) is 13.2. The quantitative estimate of drug-likeness (QED) is 0.608. The third-order valence-electron chi connectivity index (χ3n) is 4.53. The van der Waals surface area contributed by atoms with Crippen LogP contribution in [0.3, 0.4) is 0 Å². The highest BCUT2D eigenvalue weighted by Gasteiger charge is 2.11. The Morgan fingerprint density at radius 3 is 2.52 bits per heavy atom. The number of hydrogen-bond acceptors (Lipinski definition) is 4. The number of fused-ring (bicyclic) bond motifs is 1. The summed E-state index contributed by atoms with van der Waals surface area (Å²) in [6.07, 6.45) is 8.09. The minimum absolute atomic E-state index is 0.140. The third-order valence-corrected chi connectivity index (χ3v) is 4.53. The smallest absolute Gasteiger partial charge is 0.254 e. The van der Waals surface area contributed by atoms with Gasteiger partial charge in [0.15, 0.2) is 0 Å². The Kier molecular flexibility index (Phi) is 6.41. The van der Waals surface area contributed by atoms with E-state index in [4.69, 9.17) is 0 Å². The molecule has 0 unspecified atom stereocenters. The SMILES string of the molecule is CCCN(CCC)c1ncc(C(=O)NCCc2c[nH]c3ccccc23)cn1. The summed E-state index contributed by atoms with van der Waals surface area (Å²) in [5.74, 6) is 0.549. The Labute approximate surface area is 160 Å². The molecule has 0 aliphatic heterocycles. The molecule has 1 amide bonds. The summed E-state index contributed by atoms with van der Waals surface area (Å²) in [5.41, 5.74) is 2.81. The van der Waals surface area contributed by atoms with Gasteiger partial charge in [-0.25, -0.2) is 9.97 Å². The maximum absolute atomic E-state index is 12.4. The molecule has 0 saturated carbocycles. The van der Waals surface area contributed by atoms with Crippen LogP contribution in [0.1, 0.15) is 42.6 Å². The number of carbonyl (C=O) groups is 1. The van der Waals surface area contributed by atoms with Crippen LogP contribution >= 0.6 is 0 Å². The van der Waals surface area contributed by atoms with Crippen molar-refractivity contribution in [3.63, 3.8) is 0 Å². The van der Waals surface area contributed by atoms with Crippen molar-refractivity contribution in [1.82, 2.24) is 20.3 Å². The summed E-state index contributed by atoms with van der Waals surface area (Å²) in [6.45, 7) is 6.69. The van der Waals surface area contributed by atoms with Crippen LogP contribution in [-0.4, -0.2) is 40.5 Å². The molecule has 0 aliphatic rings. The molecule has 3 rings (SSSR count). The molecular weight excluding hydrogens is 338 g/mol. The number of anilines is 1. The minimum atomic E-state index is -0.140. The summed E-state index contributed by atoms with van der Waals surface area (Å²) in [4.78, 5) is 26.5. The zero-order chi connectivity index (χ0) is 19.1. The fourth-order valence-electron chi connectivity index (χ4n) is 3.20. The average molecular weight is 365 g/mol. The number of nitrogens with one attached hydrogen (secondary N) is 2. The molecule has 0 fully saturated rings. The van der Waals surface area contributed by atoms with Crippen molar-refractivity contribution in [3.05, 3.63) is 54.0 Å². The Bertz CT molecular complexity index is 866. The molecule has 27 heavy (non-hydrogen) atoms. The van der Waals surface area contributed by atoms with Crippen LogP contribution in [0.15, 0.2) is 42.9 Å². The monoisotopic (exact) mass is 365 g/mol. The maximum atomic E-state index is 12.4. The van der Waals surface area contributed by atoms with Gasteiger partial charge in [0.05, 0.1) is 5.56 Å². The first-order valence-electron chi connectivity index (χ1n) is 9.63. The zero-order valence-electron chi connectivity index (χ0n) is 16.0. The lowest BCUT2D eigenvalue weighted by Gasteiger charge is -2.21. The molecule has 1 aromatic carbocycles. The number of nitrogens with zero attached hydrogens (tertiary/aromatic N) is 3. The summed E-state index contributed by atoms with van der Waals surface area (Å²) < 4.78 is 0. The Morgan fingerprint density at radius 1 is 1.11 bits per heavy atom. The molecule has 0 atom stereocenters. The van der Waals surface area contributed by atoms with Gasteiger partial charge < -0.3 is 15.2 Å². The van der Waals surface area contributed by atoms with E-state index < -0.39 is 0 Å². The van der Waals surface area contributed by atoms with Crippen LogP contribution in [0.2, 0.25) is 0 Å². The number of hydrogen-bond donors (Lipinski definition) is 2. The van der Waals surface area contributed by atoms with Gasteiger partial charge in [0.1, 0.15) is 0 Å². The largest absolute Gasteiger partial charge is 0.361 e. The van der Waals surface area contributed by atoms with Crippen molar-refractivity contribution in [3.8, 4) is 0 Å². The summed E-state index contributed by atoms with van der Waals surface area (Å²) in [7, 11) is 0. The highest BCUT2D eigenvalue weighted by molar-refractivity contribution is 5.93. The van der Waals surface area contributed by atoms with Crippen molar-refractivity contribution in [2.45, 2.75) is 33.1 Å². The predicted octanol–water partition coefficient (Wildman–Crippen LogP) is 3.56. The topological polar surface area (TPSA) is 73.9 Å². The highest BCUT2D eigenvalue weighted by Crippen LogP contribution is 2.17. The molecule has 0 saturated heterocycles. The van der Waals surface area contributed by atoms with E-state index in [-0.39, 0.29) is 5.91 Å².